The van der Waals surface area contributed by atoms with Gasteiger partial charge in [0.1, 0.15) is 11.8 Å². The molecule has 2 unspecified atom stereocenters. The lowest BCUT2D eigenvalue weighted by molar-refractivity contribution is -0.151. The summed E-state index contributed by atoms with van der Waals surface area (Å²) in [6.07, 6.45) is 22.1. The third-order valence-electron chi connectivity index (χ3n) is 15.7. The first-order valence-corrected chi connectivity index (χ1v) is 24.9. The van der Waals surface area contributed by atoms with Crippen molar-refractivity contribution in [1.82, 2.24) is 24.8 Å². The van der Waals surface area contributed by atoms with Crippen molar-refractivity contribution in [2.24, 2.45) is 17.8 Å². The molecule has 1 spiro atoms. The third kappa shape index (κ3) is 6.90. The Bertz CT molecular complexity index is 1520. The SMILES string of the molecule is COC1CCC([Si](C)(C)[C@@H]2[C@@H](CCn3cc([C@H](O)C4CCCCC4)nn3)O[C@]3(C(=O)N(CC4CCCC(N5CCC5=O)C4)C4=C3CCCC4)[C@H]2C)CC1. The maximum absolute atomic E-state index is 15.3. The zero-order valence-corrected chi connectivity index (χ0v) is 34.1. The van der Waals surface area contributed by atoms with Gasteiger partial charge < -0.3 is 24.4 Å². The normalized spacial score (nSPS) is 36.4. The van der Waals surface area contributed by atoms with Gasteiger partial charge >= 0.3 is 0 Å². The smallest absolute Gasteiger partial charge is 0.263 e. The largest absolute Gasteiger partial charge is 0.386 e. The van der Waals surface area contributed by atoms with Crippen molar-refractivity contribution in [2.75, 3.05) is 20.2 Å². The molecular formula is C42H67N5O5Si. The van der Waals surface area contributed by atoms with Gasteiger partial charge in [0.25, 0.3) is 5.91 Å². The van der Waals surface area contributed by atoms with Gasteiger partial charge in [-0.15, -0.1) is 5.10 Å². The van der Waals surface area contributed by atoms with Crippen LogP contribution in [0.25, 0.3) is 0 Å². The summed E-state index contributed by atoms with van der Waals surface area (Å²) in [5.74, 6) is 1.29. The fourth-order valence-electron chi connectivity index (χ4n) is 12.7. The highest BCUT2D eigenvalue weighted by Crippen LogP contribution is 2.61. The van der Waals surface area contributed by atoms with E-state index in [9.17, 15) is 9.90 Å². The van der Waals surface area contributed by atoms with Gasteiger partial charge in [-0.3, -0.25) is 14.3 Å². The van der Waals surface area contributed by atoms with Gasteiger partial charge in [-0.1, -0.05) is 63.8 Å². The van der Waals surface area contributed by atoms with Crippen LogP contribution in [0.5, 0.6) is 0 Å². The molecule has 3 saturated carbocycles. The Morgan fingerprint density at radius 3 is 2.47 bits per heavy atom. The number of allylic oxidation sites excluding steroid dienone is 1. The molecule has 3 aliphatic heterocycles. The zero-order valence-electron chi connectivity index (χ0n) is 33.1. The quantitative estimate of drug-likeness (QED) is 0.184. The van der Waals surface area contributed by atoms with Gasteiger partial charge in [-0.25, -0.2) is 0 Å². The van der Waals surface area contributed by atoms with E-state index in [2.05, 4.69) is 40.1 Å². The number of nitrogens with zero attached hydrogens (tertiary/aromatic N) is 5. The monoisotopic (exact) mass is 749 g/mol. The number of hydrogen-bond acceptors (Lipinski definition) is 7. The number of amides is 2. The standard InChI is InChI=1S/C42H67N5O5Si/c1-28-40(53(3,4)33-19-17-32(51-2)18-20-33)37(21-23-45-27-35(43-44-45)39(49)30-12-6-5-7-13-30)52-42(28)34-15-8-9-16-36(34)47(41(42)50)26-29-11-10-14-31(25-29)46-24-22-38(46)48/h27-33,37,39-40,49H,5-26H2,1-4H3/t28-,29?,31?,32?,33?,37+,39+,40-,42+/m0/s1. The summed E-state index contributed by atoms with van der Waals surface area (Å²) in [4.78, 5) is 32.0. The second-order valence-corrected chi connectivity index (χ2v) is 24.0. The molecule has 4 heterocycles. The van der Waals surface area contributed by atoms with Gasteiger partial charge in [0.15, 0.2) is 5.60 Å². The fraction of sp³-hybridized carbons (Fsp3) is 0.857. The Hall–Kier alpha value is -2.08. The highest BCUT2D eigenvalue weighted by molar-refractivity contribution is 6.80. The Balaban J connectivity index is 1.06. The number of rotatable bonds is 11. The van der Waals surface area contributed by atoms with Gasteiger partial charge in [0.2, 0.25) is 5.91 Å². The molecule has 7 atom stereocenters. The van der Waals surface area contributed by atoms with Crippen LogP contribution in [0.4, 0.5) is 0 Å². The zero-order chi connectivity index (χ0) is 36.9. The minimum absolute atomic E-state index is 0.0428. The van der Waals surface area contributed by atoms with Crippen LogP contribution in [0.15, 0.2) is 17.5 Å². The topological polar surface area (TPSA) is 110 Å². The first-order chi connectivity index (χ1) is 25.6. The number of aryl methyl sites for hydroxylation is 1. The molecule has 7 aliphatic rings. The predicted octanol–water partition coefficient (Wildman–Crippen LogP) is 7.55. The molecule has 0 aromatic carbocycles. The van der Waals surface area contributed by atoms with Crippen LogP contribution in [-0.4, -0.2) is 93.8 Å². The number of aliphatic hydroxyl groups excluding tert-OH is 1. The minimum Gasteiger partial charge on any atom is -0.386 e. The van der Waals surface area contributed by atoms with Crippen LogP contribution in [0.2, 0.25) is 24.2 Å². The Kier molecular flexibility index (Phi) is 11.0. The number of β-lactam (4-membered cyclic amide) rings is 1. The maximum atomic E-state index is 15.3. The van der Waals surface area contributed by atoms with Crippen molar-refractivity contribution >= 4 is 19.9 Å². The molecule has 1 aromatic rings. The van der Waals surface area contributed by atoms with Gasteiger partial charge in [-0.05, 0) is 106 Å². The predicted molar refractivity (Wildman–Crippen MR) is 206 cm³/mol. The first kappa shape index (κ1) is 37.8. The van der Waals surface area contributed by atoms with Gasteiger partial charge in [0.05, 0.1) is 26.5 Å². The number of fused-ring (bicyclic) bond motifs is 1. The van der Waals surface area contributed by atoms with Crippen LogP contribution >= 0.6 is 0 Å². The van der Waals surface area contributed by atoms with E-state index in [0.717, 1.165) is 96.6 Å². The summed E-state index contributed by atoms with van der Waals surface area (Å²) in [7, 11) is -0.122. The molecule has 0 bridgehead atoms. The molecule has 2 saturated heterocycles. The number of aliphatic hydroxyl groups is 1. The second-order valence-electron chi connectivity index (χ2n) is 18.8. The van der Waals surface area contributed by atoms with E-state index in [1.54, 1.807) is 0 Å². The number of aromatic nitrogens is 3. The average Bonchev–Trinajstić information content (AvgIpc) is 3.84. The number of ether oxygens (including phenoxy) is 2. The summed E-state index contributed by atoms with van der Waals surface area (Å²) < 4.78 is 15.3. The van der Waals surface area contributed by atoms with E-state index in [1.165, 1.54) is 43.4 Å². The molecule has 11 heteroatoms. The van der Waals surface area contributed by atoms with E-state index in [4.69, 9.17) is 9.47 Å². The molecule has 53 heavy (non-hydrogen) atoms. The highest BCUT2D eigenvalue weighted by atomic mass is 28.3. The van der Waals surface area contributed by atoms with Crippen molar-refractivity contribution in [3.05, 3.63) is 23.2 Å². The molecule has 0 radical (unpaired) electrons. The van der Waals surface area contributed by atoms with Crippen molar-refractivity contribution in [3.63, 3.8) is 0 Å². The summed E-state index contributed by atoms with van der Waals surface area (Å²) in [6.45, 7) is 9.90. The highest BCUT2D eigenvalue weighted by Gasteiger charge is 2.67. The molecule has 1 aromatic heterocycles. The number of likely N-dealkylation sites (tertiary alicyclic amines) is 1. The molecule has 2 amide bonds. The van der Waals surface area contributed by atoms with E-state index < -0.39 is 19.8 Å². The Morgan fingerprint density at radius 2 is 1.75 bits per heavy atom. The second kappa shape index (κ2) is 15.5. The molecule has 1 N–H and O–H groups in total. The fourth-order valence-corrected chi connectivity index (χ4v) is 17.8. The maximum Gasteiger partial charge on any atom is 0.263 e. The van der Waals surface area contributed by atoms with Crippen molar-refractivity contribution in [2.45, 2.75) is 190 Å². The van der Waals surface area contributed by atoms with Crippen molar-refractivity contribution < 1.29 is 24.2 Å². The van der Waals surface area contributed by atoms with Crippen LogP contribution in [0.1, 0.15) is 141 Å². The first-order valence-electron chi connectivity index (χ1n) is 21.7. The Morgan fingerprint density at radius 1 is 0.981 bits per heavy atom. The number of methoxy groups -OCH3 is 1. The van der Waals surface area contributed by atoms with Crippen LogP contribution in [-0.2, 0) is 25.6 Å². The third-order valence-corrected chi connectivity index (χ3v) is 21.0. The van der Waals surface area contributed by atoms with E-state index >= 15 is 4.79 Å². The molecular weight excluding hydrogens is 683 g/mol. The van der Waals surface area contributed by atoms with Gasteiger partial charge in [0, 0.05) is 50.8 Å². The van der Waals surface area contributed by atoms with Gasteiger partial charge in [-0.2, -0.15) is 0 Å². The van der Waals surface area contributed by atoms with Crippen molar-refractivity contribution in [3.8, 4) is 0 Å². The number of carbonyl (C=O) groups excluding carboxylic acids is 2. The molecule has 5 fully saturated rings. The summed E-state index contributed by atoms with van der Waals surface area (Å²) in [6, 6.07) is 0.331. The van der Waals surface area contributed by atoms with Crippen molar-refractivity contribution in [1.29, 1.82) is 0 Å². The average molecular weight is 750 g/mol. The molecule has 8 rings (SSSR count). The summed E-state index contributed by atoms with van der Waals surface area (Å²) >= 11 is 0. The van der Waals surface area contributed by atoms with Crippen LogP contribution in [0, 0.1) is 17.8 Å². The van der Waals surface area contributed by atoms with E-state index in [1.807, 2.05) is 18.0 Å². The number of hydrogen-bond donors (Lipinski definition) is 1. The molecule has 4 aliphatic carbocycles. The summed E-state index contributed by atoms with van der Waals surface area (Å²) in [5, 5.41) is 20.2. The summed E-state index contributed by atoms with van der Waals surface area (Å²) in [5.41, 5.74) is 3.38. The Labute approximate surface area is 318 Å². The number of carbonyl (C=O) groups is 2. The minimum atomic E-state index is -1.98. The molecule has 294 valence electrons. The van der Waals surface area contributed by atoms with Crippen LogP contribution < -0.4 is 0 Å². The lowest BCUT2D eigenvalue weighted by Gasteiger charge is -2.45. The molecule has 10 nitrogen and oxygen atoms in total. The van der Waals surface area contributed by atoms with Crippen LogP contribution in [0.3, 0.4) is 0 Å². The van der Waals surface area contributed by atoms with E-state index in [-0.39, 0.29) is 23.8 Å². The lowest BCUT2D eigenvalue weighted by atomic mass is 9.78. The van der Waals surface area contributed by atoms with E-state index in [0.29, 0.717) is 53.7 Å². The lowest BCUT2D eigenvalue weighted by Crippen LogP contribution is -2.53.